The summed E-state index contributed by atoms with van der Waals surface area (Å²) in [5.41, 5.74) is 3.20. The Morgan fingerprint density at radius 1 is 1.00 bits per heavy atom. The smallest absolute Gasteiger partial charge is 0.262 e. The van der Waals surface area contributed by atoms with Gasteiger partial charge in [-0.15, -0.1) is 0 Å². The lowest BCUT2D eigenvalue weighted by Gasteiger charge is -2.16. The molecule has 2 aromatic carbocycles. The number of aryl methyl sites for hydroxylation is 3. The third-order valence-corrected chi connectivity index (χ3v) is 5.26. The minimum Gasteiger partial charge on any atom is -0.545 e. The van der Waals surface area contributed by atoms with Gasteiger partial charge in [0.25, 0.3) is 10.0 Å². The van der Waals surface area contributed by atoms with E-state index >= 15 is 0 Å². The summed E-state index contributed by atoms with van der Waals surface area (Å²) < 4.78 is 27.8. The summed E-state index contributed by atoms with van der Waals surface area (Å²) in [5.74, 6) is -1.41. The number of anilines is 1. The van der Waals surface area contributed by atoms with Crippen LogP contribution in [-0.4, -0.2) is 14.4 Å². The third-order valence-electron chi connectivity index (χ3n) is 3.77. The molecule has 2 rings (SSSR count). The van der Waals surface area contributed by atoms with Gasteiger partial charge >= 0.3 is 0 Å². The van der Waals surface area contributed by atoms with Crippen molar-refractivity contribution in [1.29, 1.82) is 0 Å². The molecule has 122 valence electrons. The van der Waals surface area contributed by atoms with Crippen molar-refractivity contribution in [2.75, 3.05) is 4.72 Å². The van der Waals surface area contributed by atoms with Crippen molar-refractivity contribution in [2.24, 2.45) is 0 Å². The molecule has 0 heterocycles. The van der Waals surface area contributed by atoms with Crippen molar-refractivity contribution < 1.29 is 18.3 Å². The first-order valence-corrected chi connectivity index (χ1v) is 8.53. The van der Waals surface area contributed by atoms with Crippen molar-refractivity contribution >= 4 is 21.7 Å². The molecule has 1 N–H and O–H groups in total. The molecular formula is C17H18NO4S-. The van der Waals surface area contributed by atoms with E-state index in [1.54, 1.807) is 32.9 Å². The van der Waals surface area contributed by atoms with Crippen LogP contribution in [-0.2, 0) is 10.0 Å². The molecule has 0 atom stereocenters. The number of carboxylic acid groups (broad SMARTS) is 1. The summed E-state index contributed by atoms with van der Waals surface area (Å²) in [7, 11) is -3.90. The van der Waals surface area contributed by atoms with Gasteiger partial charge < -0.3 is 9.90 Å². The first-order valence-electron chi connectivity index (χ1n) is 7.04. The number of aromatic carboxylic acids is 1. The highest BCUT2D eigenvalue weighted by atomic mass is 32.2. The van der Waals surface area contributed by atoms with Gasteiger partial charge in [-0.1, -0.05) is 17.7 Å². The molecular weight excluding hydrogens is 314 g/mol. The number of benzene rings is 2. The standard InChI is InChI=1S/C17H19NO4S/c1-10-5-6-15(12(3)7-10)18-23(21,22)16-9-14(17(19)20)8-11(2)13(16)4/h5-9,18H,1-4H3,(H,19,20)/p-1. The summed E-state index contributed by atoms with van der Waals surface area (Å²) in [4.78, 5) is 11.0. The van der Waals surface area contributed by atoms with Gasteiger partial charge in [-0.05, 0) is 68.1 Å². The monoisotopic (exact) mass is 332 g/mol. The van der Waals surface area contributed by atoms with Crippen LogP contribution in [0.25, 0.3) is 0 Å². The first-order chi connectivity index (χ1) is 10.6. The van der Waals surface area contributed by atoms with Crippen LogP contribution >= 0.6 is 0 Å². The van der Waals surface area contributed by atoms with E-state index in [1.165, 1.54) is 6.07 Å². The number of carboxylic acids is 1. The second-order valence-corrected chi connectivity index (χ2v) is 7.28. The number of sulfonamides is 1. The van der Waals surface area contributed by atoms with Gasteiger partial charge in [-0.2, -0.15) is 0 Å². The van der Waals surface area contributed by atoms with Gasteiger partial charge in [0.1, 0.15) is 0 Å². The van der Waals surface area contributed by atoms with Crippen LogP contribution in [0.2, 0.25) is 0 Å². The second kappa shape index (κ2) is 6.04. The van der Waals surface area contributed by atoms with E-state index in [0.717, 1.165) is 17.2 Å². The number of hydrogen-bond acceptors (Lipinski definition) is 4. The quantitative estimate of drug-likeness (QED) is 0.929. The summed E-state index contributed by atoms with van der Waals surface area (Å²) in [6, 6.07) is 7.89. The van der Waals surface area contributed by atoms with Crippen LogP contribution in [0.15, 0.2) is 35.2 Å². The van der Waals surface area contributed by atoms with Crippen LogP contribution in [0.1, 0.15) is 32.6 Å². The Labute approximate surface area is 136 Å². The lowest BCUT2D eigenvalue weighted by Crippen LogP contribution is -2.24. The van der Waals surface area contributed by atoms with Crippen molar-refractivity contribution in [3.8, 4) is 0 Å². The summed E-state index contributed by atoms with van der Waals surface area (Å²) >= 11 is 0. The first kappa shape index (κ1) is 17.0. The van der Waals surface area contributed by atoms with Gasteiger partial charge in [0.15, 0.2) is 0 Å². The van der Waals surface area contributed by atoms with E-state index in [9.17, 15) is 18.3 Å². The van der Waals surface area contributed by atoms with E-state index in [1.807, 2.05) is 13.0 Å². The normalized spacial score (nSPS) is 11.3. The maximum Gasteiger partial charge on any atom is 0.262 e. The molecule has 0 aliphatic carbocycles. The van der Waals surface area contributed by atoms with Crippen molar-refractivity contribution in [1.82, 2.24) is 0 Å². The third kappa shape index (κ3) is 3.53. The highest BCUT2D eigenvalue weighted by molar-refractivity contribution is 7.92. The molecule has 0 aliphatic heterocycles. The topological polar surface area (TPSA) is 86.3 Å². The fourth-order valence-corrected chi connectivity index (χ4v) is 3.83. The predicted molar refractivity (Wildman–Crippen MR) is 87.0 cm³/mol. The molecule has 0 spiro atoms. The largest absolute Gasteiger partial charge is 0.545 e. The lowest BCUT2D eigenvalue weighted by molar-refractivity contribution is -0.255. The fraction of sp³-hybridized carbons (Fsp3) is 0.235. The maximum absolute atomic E-state index is 12.7. The van der Waals surface area contributed by atoms with E-state index < -0.39 is 16.0 Å². The van der Waals surface area contributed by atoms with E-state index in [0.29, 0.717) is 16.8 Å². The van der Waals surface area contributed by atoms with Crippen molar-refractivity contribution in [3.05, 3.63) is 58.1 Å². The van der Waals surface area contributed by atoms with Crippen LogP contribution < -0.4 is 9.83 Å². The number of nitrogens with one attached hydrogen (secondary N) is 1. The molecule has 0 aromatic heterocycles. The number of rotatable bonds is 4. The van der Waals surface area contributed by atoms with E-state index in [4.69, 9.17) is 0 Å². The van der Waals surface area contributed by atoms with Gasteiger partial charge in [-0.25, -0.2) is 8.42 Å². The van der Waals surface area contributed by atoms with Gasteiger partial charge in [0.2, 0.25) is 0 Å². The van der Waals surface area contributed by atoms with Gasteiger partial charge in [0.05, 0.1) is 16.6 Å². The second-order valence-electron chi connectivity index (χ2n) is 5.63. The summed E-state index contributed by atoms with van der Waals surface area (Å²) in [6.45, 7) is 7.03. The molecule has 5 nitrogen and oxygen atoms in total. The Balaban J connectivity index is 2.53. The minimum absolute atomic E-state index is 0.0586. The Hall–Kier alpha value is -2.34. The molecule has 6 heteroatoms. The molecule has 0 bridgehead atoms. The van der Waals surface area contributed by atoms with Gasteiger partial charge in [0, 0.05) is 0 Å². The van der Waals surface area contributed by atoms with Gasteiger partial charge in [-0.3, -0.25) is 4.72 Å². The molecule has 0 aliphatic rings. The average Bonchev–Trinajstić information content (AvgIpc) is 2.44. The predicted octanol–water partition coefficient (Wildman–Crippen LogP) is 2.08. The average molecular weight is 332 g/mol. The van der Waals surface area contributed by atoms with Crippen LogP contribution in [0.5, 0.6) is 0 Å². The molecule has 0 amide bonds. The van der Waals surface area contributed by atoms with E-state index in [-0.39, 0.29) is 10.5 Å². The molecule has 0 radical (unpaired) electrons. The molecule has 2 aromatic rings. The summed E-state index contributed by atoms with van der Waals surface area (Å²) in [6.07, 6.45) is 0. The van der Waals surface area contributed by atoms with Crippen molar-refractivity contribution in [3.63, 3.8) is 0 Å². The fourth-order valence-electron chi connectivity index (χ4n) is 2.35. The number of carbonyl (C=O) groups is 1. The molecule has 0 saturated heterocycles. The Morgan fingerprint density at radius 3 is 2.22 bits per heavy atom. The van der Waals surface area contributed by atoms with Crippen molar-refractivity contribution in [2.45, 2.75) is 32.6 Å². The van der Waals surface area contributed by atoms with Crippen LogP contribution in [0.4, 0.5) is 5.69 Å². The van der Waals surface area contributed by atoms with Crippen LogP contribution in [0.3, 0.4) is 0 Å². The highest BCUT2D eigenvalue weighted by Crippen LogP contribution is 2.25. The Kier molecular flexibility index (Phi) is 4.47. The molecule has 23 heavy (non-hydrogen) atoms. The highest BCUT2D eigenvalue weighted by Gasteiger charge is 2.20. The molecule has 0 saturated carbocycles. The number of hydrogen-bond donors (Lipinski definition) is 1. The zero-order chi connectivity index (χ0) is 17.4. The lowest BCUT2D eigenvalue weighted by atomic mass is 10.1. The number of carbonyl (C=O) groups excluding carboxylic acids is 1. The Bertz CT molecular complexity index is 886. The molecule has 0 fully saturated rings. The van der Waals surface area contributed by atoms with E-state index in [2.05, 4.69) is 4.72 Å². The molecule has 0 unspecified atom stereocenters. The Morgan fingerprint density at radius 2 is 1.65 bits per heavy atom. The zero-order valence-corrected chi connectivity index (χ0v) is 14.2. The zero-order valence-electron chi connectivity index (χ0n) is 13.4. The van der Waals surface area contributed by atoms with Crippen LogP contribution in [0, 0.1) is 27.7 Å². The summed E-state index contributed by atoms with van der Waals surface area (Å²) in [5, 5.41) is 11.1. The minimum atomic E-state index is -3.90. The SMILES string of the molecule is Cc1ccc(NS(=O)(=O)c2cc(C(=O)[O-])cc(C)c2C)c(C)c1. The maximum atomic E-state index is 12.7.